The topological polar surface area (TPSA) is 88.2 Å². The fraction of sp³-hybridized carbons (Fsp3) is 0.516. The number of nitrogens with one attached hydrogen (secondary N) is 1. The first-order valence-corrected chi connectivity index (χ1v) is 16.0. The highest BCUT2D eigenvalue weighted by Crippen LogP contribution is 2.28. The number of rotatable bonds is 14. The molecule has 2 aromatic carbocycles. The number of hydrogen-bond donors (Lipinski definition) is 1. The molecular formula is C31H43N3O5S. The molecular weight excluding hydrogens is 526 g/mol. The van der Waals surface area contributed by atoms with Crippen LogP contribution >= 0.6 is 0 Å². The van der Waals surface area contributed by atoms with Crippen LogP contribution in [0.4, 0.5) is 0 Å². The van der Waals surface area contributed by atoms with Crippen molar-refractivity contribution in [1.29, 1.82) is 0 Å². The van der Waals surface area contributed by atoms with Crippen molar-refractivity contribution < 1.29 is 22.7 Å². The van der Waals surface area contributed by atoms with Crippen molar-refractivity contribution in [1.82, 2.24) is 15.1 Å². The van der Waals surface area contributed by atoms with E-state index in [-0.39, 0.29) is 21.9 Å². The Morgan fingerprint density at radius 2 is 1.88 bits per heavy atom. The molecule has 1 amide bonds. The Morgan fingerprint density at radius 1 is 1.07 bits per heavy atom. The van der Waals surface area contributed by atoms with E-state index in [0.29, 0.717) is 13.0 Å². The van der Waals surface area contributed by atoms with Gasteiger partial charge in [0, 0.05) is 25.6 Å². The Bertz CT molecular complexity index is 1230. The average Bonchev–Trinajstić information content (AvgIpc) is 3.32. The van der Waals surface area contributed by atoms with Crippen molar-refractivity contribution >= 4 is 15.7 Å². The summed E-state index contributed by atoms with van der Waals surface area (Å²) in [5.41, 5.74) is 1.99. The quantitative estimate of drug-likeness (QED) is 0.343. The molecule has 218 valence electrons. The van der Waals surface area contributed by atoms with E-state index < -0.39 is 16.1 Å². The van der Waals surface area contributed by atoms with Crippen LogP contribution in [0.3, 0.4) is 0 Å². The van der Waals surface area contributed by atoms with Crippen LogP contribution < -0.4 is 5.32 Å². The molecule has 0 bridgehead atoms. The molecule has 0 aromatic heterocycles. The number of carbonyl (C=O) groups excluding carboxylic acids is 1. The lowest BCUT2D eigenvalue weighted by atomic mass is 10.1. The Labute approximate surface area is 239 Å². The van der Waals surface area contributed by atoms with Gasteiger partial charge in [-0.25, -0.2) is 8.42 Å². The highest BCUT2D eigenvalue weighted by Gasteiger charge is 2.31. The molecule has 2 atom stereocenters. The molecule has 2 aromatic rings. The van der Waals surface area contributed by atoms with Crippen LogP contribution in [0.5, 0.6) is 0 Å². The van der Waals surface area contributed by atoms with E-state index in [4.69, 9.17) is 9.47 Å². The van der Waals surface area contributed by atoms with Gasteiger partial charge in [-0.15, -0.1) is 0 Å². The van der Waals surface area contributed by atoms with E-state index in [9.17, 15) is 13.2 Å². The van der Waals surface area contributed by atoms with Crippen molar-refractivity contribution in [3.8, 4) is 0 Å². The largest absolute Gasteiger partial charge is 0.457 e. The van der Waals surface area contributed by atoms with Gasteiger partial charge in [-0.1, -0.05) is 49.4 Å². The van der Waals surface area contributed by atoms with Gasteiger partial charge >= 0.3 is 0 Å². The number of carbonyl (C=O) groups is 1. The number of unbranched alkanes of at least 4 members (excludes halogenated alkanes) is 1. The Kier molecular flexibility index (Phi) is 11.0. The first kappa shape index (κ1) is 30.1. The minimum atomic E-state index is -3.82. The van der Waals surface area contributed by atoms with Gasteiger partial charge in [0.25, 0.3) is 5.09 Å². The van der Waals surface area contributed by atoms with Crippen molar-refractivity contribution in [2.24, 2.45) is 0 Å². The van der Waals surface area contributed by atoms with Crippen molar-refractivity contribution in [3.05, 3.63) is 77.1 Å². The Morgan fingerprint density at radius 3 is 2.67 bits per heavy atom. The number of hydrogen-bond acceptors (Lipinski definition) is 7. The number of amides is 1. The van der Waals surface area contributed by atoms with E-state index in [1.54, 1.807) is 18.2 Å². The average molecular weight is 570 g/mol. The summed E-state index contributed by atoms with van der Waals surface area (Å²) >= 11 is 0. The summed E-state index contributed by atoms with van der Waals surface area (Å²) < 4.78 is 37.9. The number of ether oxygens (including phenoxy) is 2. The number of sulfone groups is 1. The first-order chi connectivity index (χ1) is 19.3. The maximum atomic E-state index is 13.3. The summed E-state index contributed by atoms with van der Waals surface area (Å²) in [5, 5.41) is 2.79. The molecule has 1 fully saturated rings. The normalized spacial score (nSPS) is 18.9. The predicted octanol–water partition coefficient (Wildman–Crippen LogP) is 4.12. The standard InChI is InChI=1S/C31H43N3O5S/c1-3-16-34(19-8-7-17-33-18-10-15-32-29(35)23-33)25(2)20-27-13-9-14-28(21-27)40(36,37)31-24-38-30(39-31)22-26-11-5-4-6-12-26/h4-6,9,11-14,21,24-25,30H,3,7-8,10,15-20,22-23H2,1-2H3,(H,32,35). The third-order valence-corrected chi connectivity index (χ3v) is 9.05. The molecule has 0 aliphatic carbocycles. The monoisotopic (exact) mass is 569 g/mol. The second-order valence-corrected chi connectivity index (χ2v) is 12.6. The highest BCUT2D eigenvalue weighted by atomic mass is 32.2. The van der Waals surface area contributed by atoms with Crippen molar-refractivity contribution in [2.45, 2.75) is 69.6 Å². The fourth-order valence-corrected chi connectivity index (χ4v) is 6.53. The lowest BCUT2D eigenvalue weighted by Crippen LogP contribution is -2.37. The minimum Gasteiger partial charge on any atom is -0.457 e. The van der Waals surface area contributed by atoms with E-state index >= 15 is 0 Å². The van der Waals surface area contributed by atoms with Gasteiger partial charge in [0.2, 0.25) is 22.0 Å². The summed E-state index contributed by atoms with van der Waals surface area (Å²) in [4.78, 5) is 16.8. The van der Waals surface area contributed by atoms with Crippen LogP contribution in [0.15, 0.2) is 70.8 Å². The molecule has 40 heavy (non-hydrogen) atoms. The Hall–Kier alpha value is -2.88. The molecule has 0 spiro atoms. The molecule has 2 unspecified atom stereocenters. The van der Waals surface area contributed by atoms with Crippen molar-refractivity contribution in [3.63, 3.8) is 0 Å². The van der Waals surface area contributed by atoms with Gasteiger partial charge in [-0.05, 0) is 81.9 Å². The summed E-state index contributed by atoms with van der Waals surface area (Å²) in [6.07, 6.45) is 5.96. The number of nitrogens with zero attached hydrogens (tertiary/aromatic N) is 2. The van der Waals surface area contributed by atoms with E-state index in [1.165, 1.54) is 6.26 Å². The minimum absolute atomic E-state index is 0.123. The fourth-order valence-electron chi connectivity index (χ4n) is 5.32. The SMILES string of the molecule is CCCN(CCCCN1CCCNC(=O)C1)C(C)Cc1cccc(S(=O)(=O)C2=COC(Cc3ccccc3)O2)c1. The third kappa shape index (κ3) is 8.56. The van der Waals surface area contributed by atoms with Crippen LogP contribution in [-0.2, 0) is 36.9 Å². The van der Waals surface area contributed by atoms with Crippen LogP contribution in [-0.4, -0.2) is 75.7 Å². The second kappa shape index (κ2) is 14.7. The van der Waals surface area contributed by atoms with E-state index in [2.05, 4.69) is 29.0 Å². The summed E-state index contributed by atoms with van der Waals surface area (Å²) in [5.74, 6) is 0.123. The van der Waals surface area contributed by atoms with E-state index in [1.807, 2.05) is 36.4 Å². The lowest BCUT2D eigenvalue weighted by molar-refractivity contribution is -0.121. The maximum Gasteiger partial charge on any atom is 0.255 e. The van der Waals surface area contributed by atoms with Gasteiger partial charge in [0.1, 0.15) is 6.26 Å². The molecule has 8 nitrogen and oxygen atoms in total. The van der Waals surface area contributed by atoms with Gasteiger partial charge in [0.05, 0.1) is 11.4 Å². The molecule has 1 N–H and O–H groups in total. The second-order valence-electron chi connectivity index (χ2n) is 10.7. The smallest absolute Gasteiger partial charge is 0.255 e. The zero-order valence-electron chi connectivity index (χ0n) is 23.8. The summed E-state index contributed by atoms with van der Waals surface area (Å²) in [7, 11) is -3.82. The summed E-state index contributed by atoms with van der Waals surface area (Å²) in [6, 6.07) is 17.1. The zero-order chi connectivity index (χ0) is 28.4. The van der Waals surface area contributed by atoms with E-state index in [0.717, 1.165) is 76.0 Å². The molecule has 2 aliphatic rings. The predicted molar refractivity (Wildman–Crippen MR) is 156 cm³/mol. The summed E-state index contributed by atoms with van der Waals surface area (Å²) in [6.45, 7) is 9.54. The first-order valence-electron chi connectivity index (χ1n) is 14.5. The number of benzene rings is 2. The molecule has 4 rings (SSSR count). The highest BCUT2D eigenvalue weighted by molar-refractivity contribution is 7.95. The van der Waals surface area contributed by atoms with Crippen LogP contribution in [0, 0.1) is 0 Å². The zero-order valence-corrected chi connectivity index (χ0v) is 24.6. The molecule has 2 aliphatic heterocycles. The molecule has 0 radical (unpaired) electrons. The molecule has 1 saturated heterocycles. The van der Waals surface area contributed by atoms with Crippen LogP contribution in [0.2, 0.25) is 0 Å². The van der Waals surface area contributed by atoms with Crippen molar-refractivity contribution in [2.75, 3.05) is 39.3 Å². The lowest BCUT2D eigenvalue weighted by Gasteiger charge is -2.29. The van der Waals surface area contributed by atoms with Crippen LogP contribution in [0.25, 0.3) is 0 Å². The van der Waals surface area contributed by atoms with Gasteiger partial charge in [-0.3, -0.25) is 9.69 Å². The molecule has 0 saturated carbocycles. The third-order valence-electron chi connectivity index (χ3n) is 7.46. The van der Waals surface area contributed by atoms with Gasteiger partial charge in [-0.2, -0.15) is 0 Å². The van der Waals surface area contributed by atoms with Gasteiger partial charge < -0.3 is 19.7 Å². The van der Waals surface area contributed by atoms with Crippen LogP contribution in [0.1, 0.15) is 50.7 Å². The molecule has 2 heterocycles. The molecule has 9 heteroatoms. The maximum absolute atomic E-state index is 13.3. The van der Waals surface area contributed by atoms with Gasteiger partial charge in [0.15, 0.2) is 0 Å². The Balaban J connectivity index is 1.30.